The van der Waals surface area contributed by atoms with Gasteiger partial charge in [0.25, 0.3) is 11.8 Å². The summed E-state index contributed by atoms with van der Waals surface area (Å²) in [6, 6.07) is 15.2. The highest BCUT2D eigenvalue weighted by Crippen LogP contribution is 2.39. The Kier molecular flexibility index (Phi) is 8.45. The van der Waals surface area contributed by atoms with E-state index in [1.54, 1.807) is 36.4 Å². The average Bonchev–Trinajstić information content (AvgIpc) is 2.81. The molecule has 7 nitrogen and oxygen atoms in total. The van der Waals surface area contributed by atoms with Crippen molar-refractivity contribution in [2.45, 2.75) is 20.8 Å². The fraction of sp³-hybridized carbons (Fsp3) is 0.231. The number of carbonyl (C=O) groups excluding carboxylic acids is 2. The summed E-state index contributed by atoms with van der Waals surface area (Å²) in [7, 11) is 0. The van der Waals surface area contributed by atoms with Gasteiger partial charge in [-0.3, -0.25) is 9.59 Å². The van der Waals surface area contributed by atoms with Gasteiger partial charge in [-0.05, 0) is 69.3 Å². The summed E-state index contributed by atoms with van der Waals surface area (Å²) >= 11 is 0. The van der Waals surface area contributed by atoms with Crippen molar-refractivity contribution in [2.75, 3.05) is 30.5 Å². The summed E-state index contributed by atoms with van der Waals surface area (Å²) in [6.45, 7) is 6.71. The summed E-state index contributed by atoms with van der Waals surface area (Å²) in [5.41, 5.74) is 1.37. The van der Waals surface area contributed by atoms with E-state index in [0.717, 1.165) is 0 Å². The zero-order valence-electron chi connectivity index (χ0n) is 19.3. The second kappa shape index (κ2) is 11.7. The zero-order chi connectivity index (χ0) is 24.5. The van der Waals surface area contributed by atoms with Gasteiger partial charge in [0, 0.05) is 22.5 Å². The first kappa shape index (κ1) is 24.6. The van der Waals surface area contributed by atoms with Crippen LogP contribution in [-0.2, 0) is 0 Å². The molecular weight excluding hydrogens is 439 g/mol. The van der Waals surface area contributed by atoms with Gasteiger partial charge >= 0.3 is 0 Å². The van der Waals surface area contributed by atoms with E-state index < -0.39 is 17.6 Å². The molecule has 0 saturated carbocycles. The van der Waals surface area contributed by atoms with Crippen LogP contribution in [0.3, 0.4) is 0 Å². The molecule has 0 radical (unpaired) electrons. The maximum Gasteiger partial charge on any atom is 0.255 e. The van der Waals surface area contributed by atoms with Crippen molar-refractivity contribution in [3.05, 3.63) is 77.6 Å². The molecule has 0 aliphatic carbocycles. The third kappa shape index (κ3) is 6.25. The second-order valence-corrected chi connectivity index (χ2v) is 7.10. The Bertz CT molecular complexity index is 1140. The molecule has 0 bridgehead atoms. The van der Waals surface area contributed by atoms with E-state index in [2.05, 4.69) is 10.6 Å². The van der Waals surface area contributed by atoms with Crippen molar-refractivity contribution in [3.8, 4) is 17.2 Å². The lowest BCUT2D eigenvalue weighted by molar-refractivity contribution is 0.101. The van der Waals surface area contributed by atoms with Crippen molar-refractivity contribution in [3.63, 3.8) is 0 Å². The molecule has 0 unspecified atom stereocenters. The Labute approximate surface area is 197 Å². The maximum atomic E-state index is 13.4. The summed E-state index contributed by atoms with van der Waals surface area (Å²) < 4.78 is 30.4. The highest BCUT2D eigenvalue weighted by atomic mass is 19.1. The molecule has 3 rings (SSSR count). The molecule has 34 heavy (non-hydrogen) atoms. The van der Waals surface area contributed by atoms with Crippen molar-refractivity contribution >= 4 is 23.2 Å². The molecule has 0 aliphatic heterocycles. The zero-order valence-corrected chi connectivity index (χ0v) is 19.3. The lowest BCUT2D eigenvalue weighted by atomic mass is 10.1. The smallest absolute Gasteiger partial charge is 0.255 e. The monoisotopic (exact) mass is 466 g/mol. The first-order valence-corrected chi connectivity index (χ1v) is 11.0. The number of nitrogens with one attached hydrogen (secondary N) is 2. The van der Waals surface area contributed by atoms with Gasteiger partial charge in [-0.2, -0.15) is 0 Å². The van der Waals surface area contributed by atoms with E-state index in [-0.39, 0.29) is 0 Å². The van der Waals surface area contributed by atoms with Crippen molar-refractivity contribution < 1.29 is 28.2 Å². The van der Waals surface area contributed by atoms with E-state index in [9.17, 15) is 14.0 Å². The molecular formula is C26H27FN2O5. The van der Waals surface area contributed by atoms with Crippen LogP contribution in [0.25, 0.3) is 0 Å². The number of hydrogen-bond acceptors (Lipinski definition) is 5. The molecule has 2 N–H and O–H groups in total. The number of anilines is 2. The highest BCUT2D eigenvalue weighted by molar-refractivity contribution is 6.07. The number of rotatable bonds is 10. The van der Waals surface area contributed by atoms with Crippen LogP contribution in [0, 0.1) is 5.82 Å². The molecule has 3 aromatic rings. The van der Waals surface area contributed by atoms with Gasteiger partial charge in [0.05, 0.1) is 19.8 Å². The van der Waals surface area contributed by atoms with Gasteiger partial charge < -0.3 is 24.8 Å². The van der Waals surface area contributed by atoms with Gasteiger partial charge in [0.2, 0.25) is 5.75 Å². The highest BCUT2D eigenvalue weighted by Gasteiger charge is 2.19. The molecule has 3 aromatic carbocycles. The number of halogens is 1. The molecule has 178 valence electrons. The van der Waals surface area contributed by atoms with Crippen LogP contribution in [0.4, 0.5) is 15.8 Å². The Morgan fingerprint density at radius 1 is 0.706 bits per heavy atom. The molecule has 0 saturated heterocycles. The third-order valence-corrected chi connectivity index (χ3v) is 4.64. The molecule has 0 fully saturated rings. The first-order chi connectivity index (χ1) is 16.4. The topological polar surface area (TPSA) is 85.9 Å². The second-order valence-electron chi connectivity index (χ2n) is 7.10. The average molecular weight is 467 g/mol. The fourth-order valence-corrected chi connectivity index (χ4v) is 3.23. The Hall–Kier alpha value is -4.07. The Balaban J connectivity index is 1.82. The minimum Gasteiger partial charge on any atom is -0.490 e. The van der Waals surface area contributed by atoms with Crippen LogP contribution >= 0.6 is 0 Å². The molecule has 8 heteroatoms. The minimum atomic E-state index is -0.452. The molecule has 0 heterocycles. The molecule has 0 atom stereocenters. The van der Waals surface area contributed by atoms with Crippen molar-refractivity contribution in [1.82, 2.24) is 0 Å². The lowest BCUT2D eigenvalue weighted by Crippen LogP contribution is -2.15. The van der Waals surface area contributed by atoms with Crippen molar-refractivity contribution in [1.29, 1.82) is 0 Å². The van der Waals surface area contributed by atoms with Gasteiger partial charge in [-0.25, -0.2) is 4.39 Å². The van der Waals surface area contributed by atoms with E-state index in [1.807, 2.05) is 20.8 Å². The lowest BCUT2D eigenvalue weighted by Gasteiger charge is -2.17. The Morgan fingerprint density at radius 3 is 1.79 bits per heavy atom. The summed E-state index contributed by atoms with van der Waals surface area (Å²) in [5.74, 6) is -0.0363. The Morgan fingerprint density at radius 2 is 1.24 bits per heavy atom. The van der Waals surface area contributed by atoms with Crippen LogP contribution in [0.15, 0.2) is 60.7 Å². The van der Waals surface area contributed by atoms with E-state index in [4.69, 9.17) is 14.2 Å². The molecule has 0 spiro atoms. The first-order valence-electron chi connectivity index (χ1n) is 11.0. The predicted molar refractivity (Wildman–Crippen MR) is 129 cm³/mol. The van der Waals surface area contributed by atoms with Gasteiger partial charge in [-0.15, -0.1) is 0 Å². The number of amides is 2. The van der Waals surface area contributed by atoms with Gasteiger partial charge in [0.15, 0.2) is 11.5 Å². The molecule has 2 amide bonds. The number of carbonyl (C=O) groups is 2. The van der Waals surface area contributed by atoms with Crippen LogP contribution in [0.2, 0.25) is 0 Å². The van der Waals surface area contributed by atoms with Crippen LogP contribution < -0.4 is 24.8 Å². The normalized spacial score (nSPS) is 10.4. The van der Waals surface area contributed by atoms with Gasteiger partial charge in [0.1, 0.15) is 5.82 Å². The summed E-state index contributed by atoms with van der Waals surface area (Å²) in [6.07, 6.45) is 0. The SMILES string of the molecule is CCOc1cc(C(=O)Nc2cccc(C(=O)Nc3cccc(F)c3)c2)cc(OCC)c1OCC. The quantitative estimate of drug-likeness (QED) is 0.411. The van der Waals surface area contributed by atoms with E-state index in [1.165, 1.54) is 24.3 Å². The largest absolute Gasteiger partial charge is 0.490 e. The summed E-state index contributed by atoms with van der Waals surface area (Å²) in [5, 5.41) is 5.42. The minimum absolute atomic E-state index is 0.304. The van der Waals surface area contributed by atoms with E-state index >= 15 is 0 Å². The number of hydrogen-bond donors (Lipinski definition) is 2. The van der Waals surface area contributed by atoms with Crippen LogP contribution in [0.5, 0.6) is 17.2 Å². The van der Waals surface area contributed by atoms with Crippen LogP contribution in [-0.4, -0.2) is 31.6 Å². The van der Waals surface area contributed by atoms with E-state index in [0.29, 0.717) is 59.6 Å². The predicted octanol–water partition coefficient (Wildman–Crippen LogP) is 5.53. The van der Waals surface area contributed by atoms with Crippen molar-refractivity contribution in [2.24, 2.45) is 0 Å². The van der Waals surface area contributed by atoms with Crippen LogP contribution in [0.1, 0.15) is 41.5 Å². The fourth-order valence-electron chi connectivity index (χ4n) is 3.23. The third-order valence-electron chi connectivity index (χ3n) is 4.64. The number of benzene rings is 3. The molecule has 0 aromatic heterocycles. The number of ether oxygens (including phenoxy) is 3. The summed E-state index contributed by atoms with van der Waals surface area (Å²) in [4.78, 5) is 25.6. The van der Waals surface area contributed by atoms with Gasteiger partial charge in [-0.1, -0.05) is 12.1 Å². The standard InChI is InChI=1S/C26H27FN2O5/c1-4-32-22-14-18(15-23(33-5-2)24(22)34-6-3)26(31)28-20-11-7-9-17(13-20)25(30)29-21-12-8-10-19(27)16-21/h7-16H,4-6H2,1-3H3,(H,28,31)(H,29,30). The molecule has 0 aliphatic rings. The maximum absolute atomic E-state index is 13.4.